The Labute approximate surface area is 241 Å². The van der Waals surface area contributed by atoms with E-state index in [1.807, 2.05) is 67.6 Å². The van der Waals surface area contributed by atoms with E-state index < -0.39 is 17.6 Å². The fourth-order valence-corrected chi connectivity index (χ4v) is 6.16. The Kier molecular flexibility index (Phi) is 7.67. The highest BCUT2D eigenvalue weighted by molar-refractivity contribution is 7.10. The molecule has 3 aromatic carbocycles. The molecule has 1 aliphatic rings. The first kappa shape index (κ1) is 27.2. The van der Waals surface area contributed by atoms with Crippen LogP contribution < -0.4 is 5.32 Å². The van der Waals surface area contributed by atoms with Crippen LogP contribution in [0, 0.1) is 6.92 Å². The molecule has 1 aliphatic carbocycles. The Morgan fingerprint density at radius 3 is 2.33 bits per heavy atom. The predicted molar refractivity (Wildman–Crippen MR) is 156 cm³/mol. The van der Waals surface area contributed by atoms with E-state index in [-0.39, 0.29) is 5.97 Å². The first-order valence-corrected chi connectivity index (χ1v) is 13.9. The number of aromatic nitrogens is 1. The van der Waals surface area contributed by atoms with E-state index in [9.17, 15) is 9.59 Å². The van der Waals surface area contributed by atoms with Crippen LogP contribution in [0.15, 0.2) is 66.7 Å². The molecule has 1 heterocycles. The summed E-state index contributed by atoms with van der Waals surface area (Å²) in [4.78, 5) is 25.7. The maximum Gasteiger partial charge on any atom is 0.412 e. The van der Waals surface area contributed by atoms with Gasteiger partial charge in [-0.15, -0.1) is 0 Å². The highest BCUT2D eigenvalue weighted by Crippen LogP contribution is 2.49. The number of rotatable bonds is 7. The Bertz CT molecular complexity index is 1550. The summed E-state index contributed by atoms with van der Waals surface area (Å²) < 4.78 is 15.0. The summed E-state index contributed by atoms with van der Waals surface area (Å²) in [5, 5.41) is 3.89. The van der Waals surface area contributed by atoms with Crippen LogP contribution in [0.3, 0.4) is 0 Å². The summed E-state index contributed by atoms with van der Waals surface area (Å²) >= 11 is 14.2. The zero-order chi connectivity index (χ0) is 27.7. The van der Waals surface area contributed by atoms with Gasteiger partial charge >= 0.3 is 12.1 Å². The third-order valence-electron chi connectivity index (χ3n) is 7.03. The third kappa shape index (κ3) is 5.39. The molecule has 0 radical (unpaired) electrons. The predicted octanol–water partition coefficient (Wildman–Crippen LogP) is 8.61. The standard InChI is InChI=1S/C30H26Cl2N2O4S/c1-17-26(33-29(36)38-18(2)22-6-4-5-7-24(22)31)27(39-34-17)23-13-10-20(16-25(23)32)19-8-11-21(12-9-19)30(14-15-30)28(35)37-3/h4-13,16,18H,14-15H2,1-3H3,(H,33,36). The molecular formula is C30H26Cl2N2O4S. The number of esters is 1. The number of carbonyl (C=O) groups excluding carboxylic acids is 2. The lowest BCUT2D eigenvalue weighted by atomic mass is 9.93. The summed E-state index contributed by atoms with van der Waals surface area (Å²) in [6.45, 7) is 3.58. The maximum absolute atomic E-state index is 12.8. The van der Waals surface area contributed by atoms with Gasteiger partial charge in [-0.2, -0.15) is 4.37 Å². The van der Waals surface area contributed by atoms with E-state index in [0.717, 1.165) is 45.5 Å². The van der Waals surface area contributed by atoms with Crippen LogP contribution >= 0.6 is 34.7 Å². The van der Waals surface area contributed by atoms with Crippen LogP contribution in [-0.2, 0) is 19.7 Å². The Balaban J connectivity index is 1.34. The van der Waals surface area contributed by atoms with E-state index in [0.29, 0.717) is 21.4 Å². The highest BCUT2D eigenvalue weighted by atomic mass is 35.5. The molecule has 6 nitrogen and oxygen atoms in total. The second kappa shape index (κ2) is 11.0. The number of benzene rings is 3. The fourth-order valence-electron chi connectivity index (χ4n) is 4.65. The number of hydrogen-bond donors (Lipinski definition) is 1. The topological polar surface area (TPSA) is 77.5 Å². The molecule has 9 heteroatoms. The van der Waals surface area contributed by atoms with Crippen LogP contribution in [-0.4, -0.2) is 23.5 Å². The number of carbonyl (C=O) groups is 2. The molecule has 4 aromatic rings. The maximum atomic E-state index is 12.8. The van der Waals surface area contributed by atoms with E-state index in [2.05, 4.69) is 9.69 Å². The minimum atomic E-state index is -0.611. The van der Waals surface area contributed by atoms with Crippen LogP contribution in [0.1, 0.15) is 42.7 Å². The molecule has 1 amide bonds. The number of aryl methyl sites for hydroxylation is 1. The molecule has 200 valence electrons. The van der Waals surface area contributed by atoms with E-state index in [1.54, 1.807) is 13.0 Å². The number of nitrogens with zero attached hydrogens (tertiary/aromatic N) is 1. The van der Waals surface area contributed by atoms with Gasteiger partial charge in [-0.3, -0.25) is 10.1 Å². The Hall–Kier alpha value is -3.39. The van der Waals surface area contributed by atoms with Crippen LogP contribution in [0.2, 0.25) is 10.0 Å². The van der Waals surface area contributed by atoms with Crippen LogP contribution in [0.25, 0.3) is 21.6 Å². The summed E-state index contributed by atoms with van der Waals surface area (Å²) in [6, 6.07) is 20.9. The van der Waals surface area contributed by atoms with Crippen molar-refractivity contribution in [1.82, 2.24) is 4.37 Å². The van der Waals surface area contributed by atoms with Crippen molar-refractivity contribution in [2.45, 2.75) is 38.2 Å². The Morgan fingerprint density at radius 1 is 1.00 bits per heavy atom. The molecule has 0 bridgehead atoms. The van der Waals surface area contributed by atoms with Gasteiger partial charge in [0, 0.05) is 21.2 Å². The van der Waals surface area contributed by atoms with Gasteiger partial charge in [0.1, 0.15) is 6.10 Å². The second-order valence-corrected chi connectivity index (χ2v) is 11.1. The van der Waals surface area contributed by atoms with Crippen molar-refractivity contribution >= 4 is 52.5 Å². The number of methoxy groups -OCH3 is 1. The van der Waals surface area contributed by atoms with Gasteiger partial charge in [0.15, 0.2) is 0 Å². The highest BCUT2D eigenvalue weighted by Gasteiger charge is 2.52. The lowest BCUT2D eigenvalue weighted by Gasteiger charge is -2.16. The first-order chi connectivity index (χ1) is 18.7. The number of amides is 1. The van der Waals surface area contributed by atoms with Crippen LogP contribution in [0.5, 0.6) is 0 Å². The quantitative estimate of drug-likeness (QED) is 0.221. The summed E-state index contributed by atoms with van der Waals surface area (Å²) in [6.07, 6.45) is 0.457. The van der Waals surface area contributed by atoms with Crippen molar-refractivity contribution in [2.75, 3.05) is 12.4 Å². The molecule has 1 atom stereocenters. The lowest BCUT2D eigenvalue weighted by molar-refractivity contribution is -0.143. The molecule has 1 saturated carbocycles. The Morgan fingerprint density at radius 2 is 1.69 bits per heavy atom. The zero-order valence-corrected chi connectivity index (χ0v) is 23.9. The van der Waals surface area contributed by atoms with E-state index >= 15 is 0 Å². The molecule has 39 heavy (non-hydrogen) atoms. The van der Waals surface area contributed by atoms with Crippen molar-refractivity contribution in [1.29, 1.82) is 0 Å². The minimum Gasteiger partial charge on any atom is -0.468 e. The number of nitrogens with one attached hydrogen (secondary N) is 1. The van der Waals surface area contributed by atoms with Crippen molar-refractivity contribution in [3.05, 3.63) is 93.6 Å². The smallest absolute Gasteiger partial charge is 0.412 e. The van der Waals surface area contributed by atoms with E-state index in [1.165, 1.54) is 18.6 Å². The molecule has 1 N–H and O–H groups in total. The van der Waals surface area contributed by atoms with Crippen molar-refractivity contribution in [3.8, 4) is 21.6 Å². The van der Waals surface area contributed by atoms with Gasteiger partial charge in [-0.25, -0.2) is 4.79 Å². The number of hydrogen-bond acceptors (Lipinski definition) is 6. The molecule has 0 saturated heterocycles. The summed E-state index contributed by atoms with van der Waals surface area (Å²) in [5.74, 6) is -0.186. The molecule has 0 spiro atoms. The monoisotopic (exact) mass is 580 g/mol. The SMILES string of the molecule is COC(=O)C1(c2ccc(-c3ccc(-c4snc(C)c4NC(=O)OC(C)c4ccccc4Cl)c(Cl)c3)cc2)CC1. The number of halogens is 2. The molecular weight excluding hydrogens is 555 g/mol. The molecule has 1 fully saturated rings. The van der Waals surface area contributed by atoms with Gasteiger partial charge in [-0.1, -0.05) is 77.8 Å². The normalized spacial score (nSPS) is 14.4. The largest absolute Gasteiger partial charge is 0.468 e. The van der Waals surface area contributed by atoms with Gasteiger partial charge in [0.05, 0.1) is 28.8 Å². The molecule has 5 rings (SSSR count). The van der Waals surface area contributed by atoms with Crippen molar-refractivity contribution in [2.24, 2.45) is 0 Å². The average Bonchev–Trinajstić information content (AvgIpc) is 3.67. The fraction of sp³-hybridized carbons (Fsp3) is 0.233. The number of anilines is 1. The molecule has 0 aliphatic heterocycles. The summed E-state index contributed by atoms with van der Waals surface area (Å²) in [5.41, 5.74) is 5.05. The van der Waals surface area contributed by atoms with Crippen molar-refractivity contribution < 1.29 is 19.1 Å². The zero-order valence-electron chi connectivity index (χ0n) is 21.6. The average molecular weight is 582 g/mol. The first-order valence-electron chi connectivity index (χ1n) is 12.4. The second-order valence-electron chi connectivity index (χ2n) is 9.51. The van der Waals surface area contributed by atoms with Gasteiger partial charge in [-0.05, 0) is 67.0 Å². The number of ether oxygens (including phenoxy) is 2. The van der Waals surface area contributed by atoms with Gasteiger partial charge in [0.25, 0.3) is 0 Å². The molecule has 1 unspecified atom stereocenters. The summed E-state index contributed by atoms with van der Waals surface area (Å²) in [7, 11) is 1.43. The van der Waals surface area contributed by atoms with Gasteiger partial charge in [0.2, 0.25) is 0 Å². The van der Waals surface area contributed by atoms with Gasteiger partial charge < -0.3 is 9.47 Å². The van der Waals surface area contributed by atoms with Crippen molar-refractivity contribution in [3.63, 3.8) is 0 Å². The van der Waals surface area contributed by atoms with E-state index in [4.69, 9.17) is 32.7 Å². The lowest BCUT2D eigenvalue weighted by Crippen LogP contribution is -2.21. The van der Waals surface area contributed by atoms with Crippen LogP contribution in [0.4, 0.5) is 10.5 Å². The third-order valence-corrected chi connectivity index (χ3v) is 8.66. The molecule has 1 aromatic heterocycles. The minimum absolute atomic E-state index is 0.186.